The van der Waals surface area contributed by atoms with Crippen LogP contribution in [0.1, 0.15) is 25.8 Å². The molecule has 0 spiro atoms. The average molecular weight is 431 g/mol. The van der Waals surface area contributed by atoms with Crippen LogP contribution in [0, 0.1) is 6.92 Å². The van der Waals surface area contributed by atoms with Crippen molar-refractivity contribution in [1.82, 2.24) is 0 Å². The maximum atomic E-state index is 11.8. The molecule has 0 fully saturated rings. The van der Waals surface area contributed by atoms with Crippen molar-refractivity contribution < 1.29 is 43.5 Å². The van der Waals surface area contributed by atoms with Crippen molar-refractivity contribution in [2.75, 3.05) is 12.3 Å². The zero-order valence-electron chi connectivity index (χ0n) is 14.2. The van der Waals surface area contributed by atoms with Gasteiger partial charge in [0.2, 0.25) is 5.69 Å². The molecule has 0 amide bonds. The third kappa shape index (κ3) is 6.10. The van der Waals surface area contributed by atoms with E-state index in [1.54, 1.807) is 13.8 Å². The van der Waals surface area contributed by atoms with Gasteiger partial charge in [-0.1, -0.05) is 0 Å². The first-order valence-electron chi connectivity index (χ1n) is 7.16. The first kappa shape index (κ1) is 22.7. The van der Waals surface area contributed by atoms with Gasteiger partial charge in [-0.15, -0.1) is 0 Å². The molecule has 1 aromatic carbocycles. The summed E-state index contributed by atoms with van der Waals surface area (Å²) in [6.07, 6.45) is -0.0611. The lowest BCUT2D eigenvalue weighted by atomic mass is 10.1. The van der Waals surface area contributed by atoms with Gasteiger partial charge in [-0.3, -0.25) is 13.7 Å². The van der Waals surface area contributed by atoms with Crippen LogP contribution in [0.5, 0.6) is 0 Å². The lowest BCUT2D eigenvalue weighted by Gasteiger charge is -2.12. The van der Waals surface area contributed by atoms with Crippen LogP contribution in [0.4, 0.5) is 5.69 Å². The van der Waals surface area contributed by atoms with Crippen LogP contribution in [-0.4, -0.2) is 61.5 Å². The lowest BCUT2D eigenvalue weighted by molar-refractivity contribution is -0.444. The zero-order chi connectivity index (χ0) is 20.5. The molecule has 0 saturated heterocycles. The first-order valence-corrected chi connectivity index (χ1v) is 11.7. The molecule has 0 saturated carbocycles. The largest absolute Gasteiger partial charge is 0.301 e. The number of aryl methyl sites for hydroxylation is 1. The third-order valence-electron chi connectivity index (χ3n) is 3.41. The topological polar surface area (TPSA) is 166 Å². The second-order valence-electron chi connectivity index (χ2n) is 5.78. The highest BCUT2D eigenvalue weighted by atomic mass is 32.2. The van der Waals surface area contributed by atoms with Gasteiger partial charge < -0.3 is 0 Å². The fourth-order valence-corrected chi connectivity index (χ4v) is 4.32. The number of hydrogen-bond donors (Lipinski definition) is 3. The standard InChI is InChI=1S/C13H19NO9S3/c1-9(2)14(5-4-6-24(15,16)17)13-10(3)7-11(25(18,19)20)8-12(13)26(21,22)23/h7-8H,4-6H2,1-3H3,(H2-,15,16,17,18,19,20,21,22,23)/p+1. The zero-order valence-corrected chi connectivity index (χ0v) is 16.7. The molecule has 0 aliphatic carbocycles. The molecule has 0 bridgehead atoms. The molecule has 148 valence electrons. The van der Waals surface area contributed by atoms with Crippen molar-refractivity contribution in [3.05, 3.63) is 17.7 Å². The van der Waals surface area contributed by atoms with Crippen molar-refractivity contribution in [3.8, 4) is 0 Å². The summed E-state index contributed by atoms with van der Waals surface area (Å²) >= 11 is 0. The van der Waals surface area contributed by atoms with E-state index in [0.717, 1.165) is 6.07 Å². The highest BCUT2D eigenvalue weighted by Gasteiger charge is 2.30. The van der Waals surface area contributed by atoms with Crippen molar-refractivity contribution in [2.24, 2.45) is 0 Å². The quantitative estimate of drug-likeness (QED) is 0.323. The summed E-state index contributed by atoms with van der Waals surface area (Å²) in [4.78, 5) is -1.46. The molecule has 1 aromatic rings. The van der Waals surface area contributed by atoms with Crippen LogP contribution in [0.15, 0.2) is 21.9 Å². The molecule has 1 rings (SSSR count). The molecular formula is C13H20NO9S3+. The lowest BCUT2D eigenvalue weighted by Crippen LogP contribution is -2.20. The molecule has 0 unspecified atom stereocenters. The van der Waals surface area contributed by atoms with Gasteiger partial charge in [0.15, 0.2) is 10.6 Å². The maximum Gasteiger partial charge on any atom is 0.301 e. The molecule has 0 atom stereocenters. The average Bonchev–Trinajstić information content (AvgIpc) is 2.40. The third-order valence-corrected chi connectivity index (χ3v) is 5.91. The summed E-state index contributed by atoms with van der Waals surface area (Å²) in [5, 5.41) is 0. The van der Waals surface area contributed by atoms with E-state index < -0.39 is 45.9 Å². The van der Waals surface area contributed by atoms with Crippen LogP contribution in [0.25, 0.3) is 0 Å². The summed E-state index contributed by atoms with van der Waals surface area (Å²) in [6, 6.07) is 1.64. The van der Waals surface area contributed by atoms with Gasteiger partial charge in [-0.05, 0) is 19.1 Å². The van der Waals surface area contributed by atoms with Crippen LogP contribution in [0.3, 0.4) is 0 Å². The Morgan fingerprint density at radius 1 is 0.962 bits per heavy atom. The number of benzene rings is 1. The number of nitrogens with zero attached hydrogens (tertiary/aromatic N) is 1. The Bertz CT molecular complexity index is 1050. The van der Waals surface area contributed by atoms with Crippen molar-refractivity contribution in [2.45, 2.75) is 37.0 Å². The van der Waals surface area contributed by atoms with E-state index in [1.165, 1.54) is 11.5 Å². The predicted molar refractivity (Wildman–Crippen MR) is 93.0 cm³/mol. The second-order valence-corrected chi connectivity index (χ2v) is 10.2. The van der Waals surface area contributed by atoms with Crippen LogP contribution in [-0.2, 0) is 30.4 Å². The van der Waals surface area contributed by atoms with Gasteiger partial charge in [0, 0.05) is 25.8 Å². The van der Waals surface area contributed by atoms with Crippen LogP contribution >= 0.6 is 0 Å². The van der Waals surface area contributed by atoms with E-state index in [2.05, 4.69) is 0 Å². The smallest absolute Gasteiger partial charge is 0.286 e. The highest BCUT2D eigenvalue weighted by molar-refractivity contribution is 7.86. The summed E-state index contributed by atoms with van der Waals surface area (Å²) in [7, 11) is -13.8. The Balaban J connectivity index is 3.65. The summed E-state index contributed by atoms with van der Waals surface area (Å²) in [6.45, 7) is 4.53. The second kappa shape index (κ2) is 7.70. The SMILES string of the molecule is CC(C)=[N+](CCCS(=O)(=O)O)c1c(C)cc(S(=O)(=O)O)cc1S(=O)(=O)O. The molecule has 0 aliphatic rings. The minimum absolute atomic E-state index is 0.0310. The molecule has 26 heavy (non-hydrogen) atoms. The van der Waals surface area contributed by atoms with Gasteiger partial charge in [-0.2, -0.15) is 29.8 Å². The summed E-state index contributed by atoms with van der Waals surface area (Å²) in [5.74, 6) is -0.569. The fraction of sp³-hybridized carbons (Fsp3) is 0.462. The Kier molecular flexibility index (Phi) is 6.71. The molecule has 13 heteroatoms. The normalized spacial score (nSPS) is 12.8. The van der Waals surface area contributed by atoms with E-state index in [0.29, 0.717) is 11.8 Å². The van der Waals surface area contributed by atoms with E-state index >= 15 is 0 Å². The summed E-state index contributed by atoms with van der Waals surface area (Å²) in [5.41, 5.74) is 0.573. The summed E-state index contributed by atoms with van der Waals surface area (Å²) < 4.78 is 96.7. The predicted octanol–water partition coefficient (Wildman–Crippen LogP) is 0.891. The Labute approximate surface area is 152 Å². The Hall–Kier alpha value is -1.38. The minimum atomic E-state index is -4.87. The molecular weight excluding hydrogens is 410 g/mol. The van der Waals surface area contributed by atoms with Gasteiger partial charge in [-0.25, -0.2) is 0 Å². The van der Waals surface area contributed by atoms with Crippen molar-refractivity contribution in [3.63, 3.8) is 0 Å². The van der Waals surface area contributed by atoms with Crippen molar-refractivity contribution in [1.29, 1.82) is 0 Å². The van der Waals surface area contributed by atoms with Gasteiger partial charge in [0.05, 0.1) is 10.6 Å². The Morgan fingerprint density at radius 3 is 1.88 bits per heavy atom. The maximum absolute atomic E-state index is 11.8. The monoisotopic (exact) mass is 430 g/mol. The molecule has 10 nitrogen and oxygen atoms in total. The minimum Gasteiger partial charge on any atom is -0.286 e. The van der Waals surface area contributed by atoms with E-state index in [1.807, 2.05) is 0 Å². The molecule has 0 radical (unpaired) electrons. The van der Waals surface area contributed by atoms with Gasteiger partial charge in [0.1, 0.15) is 6.54 Å². The van der Waals surface area contributed by atoms with E-state index in [4.69, 9.17) is 9.11 Å². The first-order chi connectivity index (χ1) is 11.5. The number of rotatable bonds is 7. The molecule has 0 heterocycles. The van der Waals surface area contributed by atoms with Crippen LogP contribution in [0.2, 0.25) is 0 Å². The van der Waals surface area contributed by atoms with Gasteiger partial charge in [0.25, 0.3) is 20.2 Å². The van der Waals surface area contributed by atoms with Crippen LogP contribution < -0.4 is 0 Å². The molecule has 3 N–H and O–H groups in total. The highest BCUT2D eigenvalue weighted by Crippen LogP contribution is 2.31. The number of hydrogen-bond acceptors (Lipinski definition) is 6. The van der Waals surface area contributed by atoms with E-state index in [9.17, 15) is 29.8 Å². The molecule has 0 aromatic heterocycles. The van der Waals surface area contributed by atoms with E-state index in [-0.39, 0.29) is 24.2 Å². The molecule has 0 aliphatic heterocycles. The van der Waals surface area contributed by atoms with Gasteiger partial charge >= 0.3 is 10.1 Å². The van der Waals surface area contributed by atoms with Crippen molar-refractivity contribution >= 4 is 41.8 Å². The Morgan fingerprint density at radius 2 is 1.50 bits per heavy atom. The fourth-order valence-electron chi connectivity index (χ4n) is 2.37.